The van der Waals surface area contributed by atoms with Crippen LogP contribution in [0.3, 0.4) is 0 Å². The molecule has 1 heteroatoms. The van der Waals surface area contributed by atoms with Crippen LogP contribution in [0.2, 0.25) is 0 Å². The van der Waals surface area contributed by atoms with Crippen LogP contribution in [0.5, 0.6) is 0 Å². The molecule has 0 saturated heterocycles. The summed E-state index contributed by atoms with van der Waals surface area (Å²) in [6.45, 7) is 8.01. The first-order chi connectivity index (χ1) is 5.97. The molecule has 0 spiro atoms. The average Bonchev–Trinajstić information content (AvgIpc) is 2.09. The second-order valence-corrected chi connectivity index (χ2v) is 4.06. The highest BCUT2D eigenvalue weighted by Crippen LogP contribution is 2.26. The lowest BCUT2D eigenvalue weighted by Crippen LogP contribution is -2.15. The Balaban J connectivity index is 3.30. The standard InChI is InChI=1S/C12H15N/c1-9-5-6-10(2)11(7-9)12(3,4)8-13/h5-7H,1-4H3. The number of benzene rings is 1. The normalized spacial score (nSPS) is 11.0. The Morgan fingerprint density at radius 1 is 1.23 bits per heavy atom. The van der Waals surface area contributed by atoms with E-state index < -0.39 is 0 Å². The minimum Gasteiger partial charge on any atom is -0.197 e. The Labute approximate surface area is 80.0 Å². The highest BCUT2D eigenvalue weighted by Gasteiger charge is 2.21. The summed E-state index contributed by atoms with van der Waals surface area (Å²) < 4.78 is 0. The van der Waals surface area contributed by atoms with Gasteiger partial charge in [0.05, 0.1) is 11.5 Å². The fourth-order valence-corrected chi connectivity index (χ4v) is 1.47. The van der Waals surface area contributed by atoms with Crippen LogP contribution in [0.25, 0.3) is 0 Å². The van der Waals surface area contributed by atoms with E-state index in [9.17, 15) is 0 Å². The van der Waals surface area contributed by atoms with Crippen molar-refractivity contribution in [2.75, 3.05) is 0 Å². The fourth-order valence-electron chi connectivity index (χ4n) is 1.47. The predicted octanol–water partition coefficient (Wildman–Crippen LogP) is 3.10. The van der Waals surface area contributed by atoms with Gasteiger partial charge in [0.25, 0.3) is 0 Å². The molecule has 0 N–H and O–H groups in total. The molecular weight excluding hydrogens is 158 g/mol. The van der Waals surface area contributed by atoms with E-state index in [1.165, 1.54) is 11.1 Å². The molecule has 0 aromatic heterocycles. The summed E-state index contributed by atoms with van der Waals surface area (Å²) >= 11 is 0. The largest absolute Gasteiger partial charge is 0.197 e. The molecule has 0 aliphatic carbocycles. The number of nitrogens with zero attached hydrogens (tertiary/aromatic N) is 1. The molecule has 1 aromatic rings. The first-order valence-electron chi connectivity index (χ1n) is 4.46. The van der Waals surface area contributed by atoms with E-state index >= 15 is 0 Å². The summed E-state index contributed by atoms with van der Waals surface area (Å²) in [4.78, 5) is 0. The molecule has 0 unspecified atom stereocenters. The minimum absolute atomic E-state index is 0.379. The maximum absolute atomic E-state index is 9.01. The van der Waals surface area contributed by atoms with Gasteiger partial charge in [-0.3, -0.25) is 0 Å². The molecule has 0 aliphatic heterocycles. The molecule has 0 fully saturated rings. The molecule has 0 atom stereocenters. The number of rotatable bonds is 1. The fraction of sp³-hybridized carbons (Fsp3) is 0.417. The van der Waals surface area contributed by atoms with Gasteiger partial charge in [0.2, 0.25) is 0 Å². The maximum atomic E-state index is 9.01. The van der Waals surface area contributed by atoms with E-state index in [4.69, 9.17) is 5.26 Å². The zero-order valence-corrected chi connectivity index (χ0v) is 8.68. The predicted molar refractivity (Wildman–Crippen MR) is 54.6 cm³/mol. The van der Waals surface area contributed by atoms with Crippen LogP contribution in [0, 0.1) is 25.2 Å². The van der Waals surface area contributed by atoms with Gasteiger partial charge >= 0.3 is 0 Å². The van der Waals surface area contributed by atoms with Crippen molar-refractivity contribution in [1.29, 1.82) is 5.26 Å². The van der Waals surface area contributed by atoms with Crippen molar-refractivity contribution >= 4 is 0 Å². The quantitative estimate of drug-likeness (QED) is 0.640. The van der Waals surface area contributed by atoms with Gasteiger partial charge in [-0.05, 0) is 38.8 Å². The topological polar surface area (TPSA) is 23.8 Å². The Morgan fingerprint density at radius 3 is 2.38 bits per heavy atom. The van der Waals surface area contributed by atoms with Crippen molar-refractivity contribution in [3.05, 3.63) is 34.9 Å². The van der Waals surface area contributed by atoms with Crippen LogP contribution in [0.1, 0.15) is 30.5 Å². The summed E-state index contributed by atoms with van der Waals surface area (Å²) in [5.41, 5.74) is 3.16. The third-order valence-electron chi connectivity index (χ3n) is 2.35. The Hall–Kier alpha value is -1.29. The Kier molecular flexibility index (Phi) is 2.43. The molecule has 0 aliphatic rings. The second-order valence-electron chi connectivity index (χ2n) is 4.06. The highest BCUT2D eigenvalue weighted by atomic mass is 14.3. The highest BCUT2D eigenvalue weighted by molar-refractivity contribution is 5.39. The van der Waals surface area contributed by atoms with E-state index in [1.807, 2.05) is 20.8 Å². The molecule has 68 valence electrons. The third kappa shape index (κ3) is 1.89. The first-order valence-corrected chi connectivity index (χ1v) is 4.46. The molecule has 0 radical (unpaired) electrons. The second kappa shape index (κ2) is 3.22. The van der Waals surface area contributed by atoms with E-state index in [1.54, 1.807) is 0 Å². The molecule has 0 saturated carbocycles. The molecular formula is C12H15N. The third-order valence-corrected chi connectivity index (χ3v) is 2.35. The van der Waals surface area contributed by atoms with Gasteiger partial charge in [0.15, 0.2) is 0 Å². The van der Waals surface area contributed by atoms with E-state index in [-0.39, 0.29) is 5.41 Å². The minimum atomic E-state index is -0.379. The molecule has 1 rings (SSSR count). The number of nitriles is 1. The molecule has 0 bridgehead atoms. The zero-order valence-electron chi connectivity index (χ0n) is 8.68. The number of aryl methyl sites for hydroxylation is 2. The first kappa shape index (κ1) is 9.80. The van der Waals surface area contributed by atoms with Crippen molar-refractivity contribution in [1.82, 2.24) is 0 Å². The lowest BCUT2D eigenvalue weighted by molar-refractivity contribution is 0.680. The average molecular weight is 173 g/mol. The van der Waals surface area contributed by atoms with Crippen molar-refractivity contribution in [3.8, 4) is 6.07 Å². The maximum Gasteiger partial charge on any atom is 0.0768 e. The van der Waals surface area contributed by atoms with Gasteiger partial charge in [-0.2, -0.15) is 5.26 Å². The summed E-state index contributed by atoms with van der Waals surface area (Å²) in [5.74, 6) is 0. The summed E-state index contributed by atoms with van der Waals surface area (Å²) in [7, 11) is 0. The molecule has 13 heavy (non-hydrogen) atoms. The molecule has 1 aromatic carbocycles. The van der Waals surface area contributed by atoms with Crippen LogP contribution in [-0.2, 0) is 5.41 Å². The SMILES string of the molecule is Cc1ccc(C)c(C(C)(C)C#N)c1. The van der Waals surface area contributed by atoms with Crippen molar-refractivity contribution in [2.24, 2.45) is 0 Å². The summed E-state index contributed by atoms with van der Waals surface area (Å²) in [5, 5.41) is 9.01. The van der Waals surface area contributed by atoms with E-state index in [0.717, 1.165) is 5.56 Å². The van der Waals surface area contributed by atoms with Gasteiger partial charge < -0.3 is 0 Å². The van der Waals surface area contributed by atoms with E-state index in [0.29, 0.717) is 0 Å². The van der Waals surface area contributed by atoms with E-state index in [2.05, 4.69) is 31.2 Å². The van der Waals surface area contributed by atoms with Crippen LogP contribution in [-0.4, -0.2) is 0 Å². The van der Waals surface area contributed by atoms with Gasteiger partial charge in [0, 0.05) is 0 Å². The Morgan fingerprint density at radius 2 is 1.85 bits per heavy atom. The number of hydrogen-bond donors (Lipinski definition) is 0. The van der Waals surface area contributed by atoms with Crippen molar-refractivity contribution < 1.29 is 0 Å². The summed E-state index contributed by atoms with van der Waals surface area (Å²) in [6, 6.07) is 8.57. The zero-order chi connectivity index (χ0) is 10.1. The van der Waals surface area contributed by atoms with Crippen LogP contribution < -0.4 is 0 Å². The van der Waals surface area contributed by atoms with Crippen molar-refractivity contribution in [2.45, 2.75) is 33.1 Å². The van der Waals surface area contributed by atoms with Crippen LogP contribution in [0.15, 0.2) is 18.2 Å². The Bertz CT molecular complexity index is 356. The van der Waals surface area contributed by atoms with Crippen molar-refractivity contribution in [3.63, 3.8) is 0 Å². The smallest absolute Gasteiger partial charge is 0.0768 e. The lowest BCUT2D eigenvalue weighted by atomic mass is 9.83. The molecule has 1 nitrogen and oxygen atoms in total. The molecule has 0 amide bonds. The van der Waals surface area contributed by atoms with Gasteiger partial charge in [-0.1, -0.05) is 23.8 Å². The number of hydrogen-bond acceptors (Lipinski definition) is 1. The monoisotopic (exact) mass is 173 g/mol. The van der Waals surface area contributed by atoms with Gasteiger partial charge in [0.1, 0.15) is 0 Å². The van der Waals surface area contributed by atoms with Crippen LogP contribution in [0.4, 0.5) is 0 Å². The molecule has 0 heterocycles. The lowest BCUT2D eigenvalue weighted by Gasteiger charge is -2.18. The van der Waals surface area contributed by atoms with Gasteiger partial charge in [-0.15, -0.1) is 0 Å². The van der Waals surface area contributed by atoms with Gasteiger partial charge in [-0.25, -0.2) is 0 Å². The van der Waals surface area contributed by atoms with Crippen LogP contribution >= 0.6 is 0 Å². The summed E-state index contributed by atoms with van der Waals surface area (Å²) in [6.07, 6.45) is 0.